The molecular formula is C16H24O3. The molecule has 2 rings (SSSR count). The fourth-order valence-electron chi connectivity index (χ4n) is 2.91. The topological polar surface area (TPSA) is 60.7 Å². The zero-order valence-corrected chi connectivity index (χ0v) is 11.3. The summed E-state index contributed by atoms with van der Waals surface area (Å²) in [6, 6.07) is 10.2. The van der Waals surface area contributed by atoms with E-state index in [9.17, 15) is 15.3 Å². The van der Waals surface area contributed by atoms with E-state index in [0.29, 0.717) is 19.3 Å². The van der Waals surface area contributed by atoms with Crippen molar-refractivity contribution in [1.29, 1.82) is 0 Å². The largest absolute Gasteiger partial charge is 0.393 e. The summed E-state index contributed by atoms with van der Waals surface area (Å²) >= 11 is 0. The Balaban J connectivity index is 1.66. The van der Waals surface area contributed by atoms with Gasteiger partial charge in [-0.2, -0.15) is 0 Å². The van der Waals surface area contributed by atoms with Crippen LogP contribution in [0.5, 0.6) is 0 Å². The number of aliphatic hydroxyl groups is 3. The number of aryl methyl sites for hydroxylation is 1. The van der Waals surface area contributed by atoms with Gasteiger partial charge >= 0.3 is 0 Å². The lowest BCUT2D eigenvalue weighted by atomic mass is 9.95. The summed E-state index contributed by atoms with van der Waals surface area (Å²) in [5.74, 6) is 0.154. The summed E-state index contributed by atoms with van der Waals surface area (Å²) < 4.78 is 0. The Bertz CT molecular complexity index is 366. The van der Waals surface area contributed by atoms with Crippen molar-refractivity contribution in [3.8, 4) is 0 Å². The second kappa shape index (κ2) is 7.04. The Morgan fingerprint density at radius 1 is 1.05 bits per heavy atom. The summed E-state index contributed by atoms with van der Waals surface area (Å²) in [7, 11) is 0. The van der Waals surface area contributed by atoms with Gasteiger partial charge in [0.15, 0.2) is 0 Å². The zero-order valence-electron chi connectivity index (χ0n) is 11.3. The van der Waals surface area contributed by atoms with Gasteiger partial charge in [-0.15, -0.1) is 0 Å². The quantitative estimate of drug-likeness (QED) is 0.735. The second-order valence-electron chi connectivity index (χ2n) is 5.71. The molecule has 1 saturated carbocycles. The zero-order chi connectivity index (χ0) is 13.7. The molecule has 1 aliphatic rings. The fourth-order valence-corrected chi connectivity index (χ4v) is 2.91. The lowest BCUT2D eigenvalue weighted by Gasteiger charge is -2.16. The molecule has 0 saturated heterocycles. The lowest BCUT2D eigenvalue weighted by molar-refractivity contribution is 0.0999. The van der Waals surface area contributed by atoms with E-state index in [2.05, 4.69) is 12.1 Å². The Hall–Kier alpha value is -0.900. The molecule has 3 N–H and O–H groups in total. The first-order chi connectivity index (χ1) is 9.15. The number of hydrogen-bond donors (Lipinski definition) is 3. The van der Waals surface area contributed by atoms with Crippen molar-refractivity contribution in [2.75, 3.05) is 0 Å². The highest BCUT2D eigenvalue weighted by molar-refractivity contribution is 5.14. The van der Waals surface area contributed by atoms with Crippen LogP contribution >= 0.6 is 0 Å². The van der Waals surface area contributed by atoms with Crippen molar-refractivity contribution in [3.05, 3.63) is 35.9 Å². The lowest BCUT2D eigenvalue weighted by Crippen LogP contribution is -2.16. The van der Waals surface area contributed by atoms with Gasteiger partial charge < -0.3 is 15.3 Å². The minimum atomic E-state index is -0.392. The minimum Gasteiger partial charge on any atom is -0.393 e. The maximum absolute atomic E-state index is 9.98. The first-order valence-electron chi connectivity index (χ1n) is 7.23. The number of benzene rings is 1. The molecule has 0 heterocycles. The Morgan fingerprint density at radius 3 is 2.42 bits per heavy atom. The van der Waals surface area contributed by atoms with Crippen LogP contribution in [0.2, 0.25) is 0 Å². The van der Waals surface area contributed by atoms with E-state index in [1.165, 1.54) is 5.56 Å². The van der Waals surface area contributed by atoms with Gasteiger partial charge in [0.25, 0.3) is 0 Å². The average molecular weight is 264 g/mol. The first-order valence-corrected chi connectivity index (χ1v) is 7.23. The van der Waals surface area contributed by atoms with E-state index in [4.69, 9.17) is 0 Å². The van der Waals surface area contributed by atoms with Crippen molar-refractivity contribution < 1.29 is 15.3 Å². The standard InChI is InChI=1S/C16H24O3/c17-14(8-6-12-4-2-1-3-5-12)9-7-13-10-15(18)11-16(13)19/h1-5,13-19H,6-11H2/t13-,14+,15-,16-/m1/s1. The number of hydrogen-bond acceptors (Lipinski definition) is 3. The van der Waals surface area contributed by atoms with Crippen LogP contribution < -0.4 is 0 Å². The second-order valence-corrected chi connectivity index (χ2v) is 5.71. The third-order valence-electron chi connectivity index (χ3n) is 4.11. The monoisotopic (exact) mass is 264 g/mol. The van der Waals surface area contributed by atoms with Crippen LogP contribution in [-0.4, -0.2) is 33.6 Å². The summed E-state index contributed by atoms with van der Waals surface area (Å²) in [6.07, 6.45) is 3.25. The van der Waals surface area contributed by atoms with Crippen LogP contribution in [0.1, 0.15) is 37.7 Å². The molecule has 0 unspecified atom stereocenters. The van der Waals surface area contributed by atoms with E-state index in [-0.39, 0.29) is 18.1 Å². The van der Waals surface area contributed by atoms with Crippen LogP contribution in [0, 0.1) is 5.92 Å². The third-order valence-corrected chi connectivity index (χ3v) is 4.11. The van der Waals surface area contributed by atoms with E-state index < -0.39 is 6.10 Å². The molecule has 0 spiro atoms. The molecule has 3 heteroatoms. The predicted molar refractivity (Wildman–Crippen MR) is 74.7 cm³/mol. The van der Waals surface area contributed by atoms with Crippen LogP contribution in [0.15, 0.2) is 30.3 Å². The molecule has 0 aromatic heterocycles. The highest BCUT2D eigenvalue weighted by Crippen LogP contribution is 2.30. The van der Waals surface area contributed by atoms with Gasteiger partial charge in [-0.25, -0.2) is 0 Å². The van der Waals surface area contributed by atoms with Gasteiger partial charge in [0.05, 0.1) is 18.3 Å². The van der Waals surface area contributed by atoms with E-state index in [0.717, 1.165) is 19.3 Å². The van der Waals surface area contributed by atoms with Crippen LogP contribution in [0.4, 0.5) is 0 Å². The van der Waals surface area contributed by atoms with E-state index in [1.54, 1.807) is 0 Å². The molecule has 1 fully saturated rings. The molecule has 3 nitrogen and oxygen atoms in total. The normalized spacial score (nSPS) is 28.5. The maximum atomic E-state index is 9.98. The Morgan fingerprint density at radius 2 is 1.79 bits per heavy atom. The van der Waals surface area contributed by atoms with Gasteiger partial charge in [0, 0.05) is 0 Å². The first kappa shape index (κ1) is 14.5. The van der Waals surface area contributed by atoms with Crippen molar-refractivity contribution in [1.82, 2.24) is 0 Å². The van der Waals surface area contributed by atoms with Gasteiger partial charge in [-0.1, -0.05) is 30.3 Å². The molecule has 1 aromatic carbocycles. The smallest absolute Gasteiger partial charge is 0.0594 e. The van der Waals surface area contributed by atoms with E-state index >= 15 is 0 Å². The molecule has 1 aliphatic carbocycles. The van der Waals surface area contributed by atoms with E-state index in [1.807, 2.05) is 18.2 Å². The minimum absolute atomic E-state index is 0.154. The SMILES string of the molecule is O[C@@H](CCc1ccccc1)CC[C@@H]1C[C@@H](O)C[C@H]1O. The van der Waals surface area contributed by atoms with Crippen molar-refractivity contribution >= 4 is 0 Å². The van der Waals surface area contributed by atoms with Crippen molar-refractivity contribution in [2.24, 2.45) is 5.92 Å². The molecule has 4 atom stereocenters. The van der Waals surface area contributed by atoms with Gasteiger partial charge in [0.2, 0.25) is 0 Å². The molecule has 0 radical (unpaired) electrons. The molecule has 1 aromatic rings. The molecule has 106 valence electrons. The van der Waals surface area contributed by atoms with Crippen LogP contribution in [-0.2, 0) is 6.42 Å². The molecule has 19 heavy (non-hydrogen) atoms. The average Bonchev–Trinajstić information content (AvgIpc) is 2.73. The van der Waals surface area contributed by atoms with Crippen molar-refractivity contribution in [2.45, 2.75) is 56.8 Å². The molecular weight excluding hydrogens is 240 g/mol. The van der Waals surface area contributed by atoms with Gasteiger partial charge in [-0.3, -0.25) is 0 Å². The summed E-state index contributed by atoms with van der Waals surface area (Å²) in [4.78, 5) is 0. The van der Waals surface area contributed by atoms with Crippen LogP contribution in [0.25, 0.3) is 0 Å². The predicted octanol–water partition coefficient (Wildman–Crippen LogP) is 1.89. The van der Waals surface area contributed by atoms with Gasteiger partial charge in [0.1, 0.15) is 0 Å². The number of aliphatic hydroxyl groups excluding tert-OH is 3. The summed E-state index contributed by atoms with van der Waals surface area (Å²) in [6.45, 7) is 0. The summed E-state index contributed by atoms with van der Waals surface area (Å²) in [5.41, 5.74) is 1.25. The van der Waals surface area contributed by atoms with Crippen LogP contribution in [0.3, 0.4) is 0 Å². The van der Waals surface area contributed by atoms with Crippen molar-refractivity contribution in [3.63, 3.8) is 0 Å². The molecule has 0 amide bonds. The Labute approximate surface area is 114 Å². The highest BCUT2D eigenvalue weighted by atomic mass is 16.3. The highest BCUT2D eigenvalue weighted by Gasteiger charge is 2.31. The molecule has 0 bridgehead atoms. The summed E-state index contributed by atoms with van der Waals surface area (Å²) in [5, 5.41) is 29.2. The maximum Gasteiger partial charge on any atom is 0.0594 e. The Kier molecular flexibility index (Phi) is 5.37. The van der Waals surface area contributed by atoms with Gasteiger partial charge in [-0.05, 0) is 50.0 Å². The number of rotatable bonds is 6. The third kappa shape index (κ3) is 4.60. The fraction of sp³-hybridized carbons (Fsp3) is 0.625. The molecule has 0 aliphatic heterocycles.